The van der Waals surface area contributed by atoms with Crippen molar-refractivity contribution in [2.24, 2.45) is 5.92 Å². The third-order valence-electron chi connectivity index (χ3n) is 3.21. The molecule has 3 rings (SSSR count). The van der Waals surface area contributed by atoms with E-state index in [2.05, 4.69) is 28.8 Å². The van der Waals surface area contributed by atoms with Crippen LogP contribution < -0.4 is 15.4 Å². The molecule has 0 atom stereocenters. The van der Waals surface area contributed by atoms with E-state index in [4.69, 9.17) is 4.74 Å². The maximum absolute atomic E-state index is 5.73. The van der Waals surface area contributed by atoms with Gasteiger partial charge in [-0.15, -0.1) is 0 Å². The maximum atomic E-state index is 5.73. The smallest absolute Gasteiger partial charge is 0.146 e. The highest BCUT2D eigenvalue weighted by Crippen LogP contribution is 2.31. The van der Waals surface area contributed by atoms with Gasteiger partial charge in [0.05, 0.1) is 5.69 Å². The summed E-state index contributed by atoms with van der Waals surface area (Å²) >= 11 is 0. The molecule has 1 aromatic carbocycles. The number of rotatable bonds is 4. The van der Waals surface area contributed by atoms with Gasteiger partial charge in [0, 0.05) is 18.7 Å². The van der Waals surface area contributed by atoms with Gasteiger partial charge >= 0.3 is 0 Å². The molecule has 0 aromatic heterocycles. The molecule has 2 aliphatic rings. The number of para-hydroxylation sites is 1. The highest BCUT2D eigenvalue weighted by Gasteiger charge is 2.20. The molecule has 0 radical (unpaired) electrons. The first-order chi connectivity index (χ1) is 7.93. The molecule has 0 unspecified atom stereocenters. The average Bonchev–Trinajstić information content (AvgIpc) is 3.13. The SMILES string of the molecule is c1cc(CNCC2CC2)c2c(c1)NCCO2. The fraction of sp³-hybridized carbons (Fsp3) is 0.538. The molecule has 0 saturated heterocycles. The molecule has 3 heteroatoms. The van der Waals surface area contributed by atoms with Crippen LogP contribution in [0.5, 0.6) is 5.75 Å². The van der Waals surface area contributed by atoms with E-state index in [1.165, 1.54) is 18.4 Å². The van der Waals surface area contributed by atoms with Crippen LogP contribution in [-0.4, -0.2) is 19.7 Å². The van der Waals surface area contributed by atoms with Crippen LogP contribution in [0.4, 0.5) is 5.69 Å². The van der Waals surface area contributed by atoms with Gasteiger partial charge in [0.25, 0.3) is 0 Å². The third kappa shape index (κ3) is 2.14. The van der Waals surface area contributed by atoms with Crippen molar-refractivity contribution >= 4 is 5.69 Å². The van der Waals surface area contributed by atoms with Crippen molar-refractivity contribution < 1.29 is 4.74 Å². The Labute approximate surface area is 96.2 Å². The Kier molecular flexibility index (Phi) is 2.70. The topological polar surface area (TPSA) is 33.3 Å². The summed E-state index contributed by atoms with van der Waals surface area (Å²) in [6.07, 6.45) is 2.80. The molecule has 1 aromatic rings. The molecule has 16 heavy (non-hydrogen) atoms. The Hall–Kier alpha value is -1.22. The first kappa shape index (κ1) is 9.97. The standard InChI is InChI=1S/C13H18N2O/c1-2-11(9-14-8-10-4-5-10)13-12(3-1)15-6-7-16-13/h1-3,10,14-15H,4-9H2. The van der Waals surface area contributed by atoms with E-state index in [1.54, 1.807) is 0 Å². The van der Waals surface area contributed by atoms with Crippen LogP contribution >= 0.6 is 0 Å². The molecule has 86 valence electrons. The summed E-state index contributed by atoms with van der Waals surface area (Å²) in [6.45, 7) is 3.75. The van der Waals surface area contributed by atoms with Crippen molar-refractivity contribution in [2.45, 2.75) is 19.4 Å². The quantitative estimate of drug-likeness (QED) is 0.811. The van der Waals surface area contributed by atoms with Crippen molar-refractivity contribution in [3.05, 3.63) is 23.8 Å². The maximum Gasteiger partial charge on any atom is 0.146 e. The molecule has 3 nitrogen and oxygen atoms in total. The number of nitrogens with one attached hydrogen (secondary N) is 2. The zero-order valence-electron chi connectivity index (χ0n) is 9.46. The van der Waals surface area contributed by atoms with E-state index in [0.717, 1.165) is 43.6 Å². The number of ether oxygens (including phenoxy) is 1. The Morgan fingerprint density at radius 2 is 2.31 bits per heavy atom. The van der Waals surface area contributed by atoms with Crippen molar-refractivity contribution in [1.82, 2.24) is 5.32 Å². The van der Waals surface area contributed by atoms with Gasteiger partial charge in [-0.3, -0.25) is 0 Å². The van der Waals surface area contributed by atoms with E-state index < -0.39 is 0 Å². The van der Waals surface area contributed by atoms with Gasteiger partial charge in [0.1, 0.15) is 12.4 Å². The van der Waals surface area contributed by atoms with E-state index >= 15 is 0 Å². The van der Waals surface area contributed by atoms with Crippen LogP contribution in [0.25, 0.3) is 0 Å². The van der Waals surface area contributed by atoms with Gasteiger partial charge in [0.2, 0.25) is 0 Å². The average molecular weight is 218 g/mol. The summed E-state index contributed by atoms with van der Waals surface area (Å²) in [5.74, 6) is 1.97. The van der Waals surface area contributed by atoms with E-state index in [1.807, 2.05) is 0 Å². The summed E-state index contributed by atoms with van der Waals surface area (Å²) in [6, 6.07) is 6.32. The summed E-state index contributed by atoms with van der Waals surface area (Å²) < 4.78 is 5.73. The van der Waals surface area contributed by atoms with Crippen LogP contribution in [0.3, 0.4) is 0 Å². The van der Waals surface area contributed by atoms with Crippen molar-refractivity contribution in [3.63, 3.8) is 0 Å². The third-order valence-corrected chi connectivity index (χ3v) is 3.21. The van der Waals surface area contributed by atoms with Crippen LogP contribution in [0, 0.1) is 5.92 Å². The zero-order chi connectivity index (χ0) is 10.8. The predicted molar refractivity (Wildman–Crippen MR) is 64.9 cm³/mol. The fourth-order valence-electron chi connectivity index (χ4n) is 2.11. The molecule has 0 amide bonds. The van der Waals surface area contributed by atoms with Crippen LogP contribution in [0.1, 0.15) is 18.4 Å². The minimum atomic E-state index is 0.770. The van der Waals surface area contributed by atoms with Gasteiger partial charge in [0.15, 0.2) is 0 Å². The van der Waals surface area contributed by atoms with Gasteiger partial charge in [-0.05, 0) is 31.4 Å². The second-order valence-electron chi connectivity index (χ2n) is 4.64. The lowest BCUT2D eigenvalue weighted by atomic mass is 10.1. The number of anilines is 1. The second kappa shape index (κ2) is 4.34. The Balaban J connectivity index is 1.67. The van der Waals surface area contributed by atoms with Gasteiger partial charge in [-0.25, -0.2) is 0 Å². The Morgan fingerprint density at radius 3 is 3.19 bits per heavy atom. The predicted octanol–water partition coefficient (Wildman–Crippen LogP) is 1.99. The Bertz CT molecular complexity index is 374. The van der Waals surface area contributed by atoms with Crippen LogP contribution in [-0.2, 0) is 6.54 Å². The molecule has 1 fully saturated rings. The molecule has 1 aliphatic heterocycles. The Morgan fingerprint density at radius 1 is 1.38 bits per heavy atom. The lowest BCUT2D eigenvalue weighted by molar-refractivity contribution is 0.319. The largest absolute Gasteiger partial charge is 0.489 e. The van der Waals surface area contributed by atoms with Crippen molar-refractivity contribution in [3.8, 4) is 5.75 Å². The molecule has 1 heterocycles. The summed E-state index contributed by atoms with van der Waals surface area (Å²) in [5, 5.41) is 6.87. The van der Waals surface area contributed by atoms with E-state index in [-0.39, 0.29) is 0 Å². The monoisotopic (exact) mass is 218 g/mol. The summed E-state index contributed by atoms with van der Waals surface area (Å²) in [4.78, 5) is 0. The zero-order valence-corrected chi connectivity index (χ0v) is 9.46. The number of hydrogen-bond acceptors (Lipinski definition) is 3. The van der Waals surface area contributed by atoms with E-state index in [0.29, 0.717) is 0 Å². The minimum absolute atomic E-state index is 0.770. The van der Waals surface area contributed by atoms with Crippen molar-refractivity contribution in [2.75, 3.05) is 25.0 Å². The summed E-state index contributed by atoms with van der Waals surface area (Å²) in [5.41, 5.74) is 2.40. The first-order valence-electron chi connectivity index (χ1n) is 6.13. The molecule has 0 spiro atoms. The summed E-state index contributed by atoms with van der Waals surface area (Å²) in [7, 11) is 0. The molecular formula is C13H18N2O. The molecular weight excluding hydrogens is 200 g/mol. The van der Waals surface area contributed by atoms with Crippen LogP contribution in [0.2, 0.25) is 0 Å². The number of fused-ring (bicyclic) bond motifs is 1. The van der Waals surface area contributed by atoms with Crippen molar-refractivity contribution in [1.29, 1.82) is 0 Å². The molecule has 2 N–H and O–H groups in total. The van der Waals surface area contributed by atoms with Crippen LogP contribution in [0.15, 0.2) is 18.2 Å². The second-order valence-corrected chi connectivity index (χ2v) is 4.64. The highest BCUT2D eigenvalue weighted by atomic mass is 16.5. The van der Waals surface area contributed by atoms with E-state index in [9.17, 15) is 0 Å². The fourth-order valence-corrected chi connectivity index (χ4v) is 2.11. The number of benzene rings is 1. The molecule has 0 bridgehead atoms. The first-order valence-corrected chi connectivity index (χ1v) is 6.13. The minimum Gasteiger partial charge on any atom is -0.489 e. The highest BCUT2D eigenvalue weighted by molar-refractivity contribution is 5.61. The van der Waals surface area contributed by atoms with Gasteiger partial charge in [-0.1, -0.05) is 12.1 Å². The molecule has 1 aliphatic carbocycles. The number of hydrogen-bond donors (Lipinski definition) is 2. The lowest BCUT2D eigenvalue weighted by Crippen LogP contribution is -2.21. The normalized spacial score (nSPS) is 18.5. The van der Waals surface area contributed by atoms with Gasteiger partial charge in [-0.2, -0.15) is 0 Å². The lowest BCUT2D eigenvalue weighted by Gasteiger charge is -2.21. The van der Waals surface area contributed by atoms with Gasteiger partial charge < -0.3 is 15.4 Å². The molecule has 1 saturated carbocycles.